The summed E-state index contributed by atoms with van der Waals surface area (Å²) in [5, 5.41) is 9.50. The molecule has 0 aliphatic carbocycles. The molecule has 0 aromatic heterocycles. The van der Waals surface area contributed by atoms with E-state index in [0.717, 1.165) is 25.7 Å². The predicted octanol–water partition coefficient (Wildman–Crippen LogP) is 0.687. The van der Waals surface area contributed by atoms with Crippen LogP contribution in [0.4, 0.5) is 0 Å². The third-order valence-corrected chi connectivity index (χ3v) is 3.14. The number of hydrogen-bond donors (Lipinski definition) is 1. The minimum absolute atomic E-state index is 0.0272. The number of piperidine rings is 1. The second-order valence-electron chi connectivity index (χ2n) is 3.96. The maximum absolute atomic E-state index is 11.5. The molecule has 72 valence electrons. The number of rotatable bonds is 1. The lowest BCUT2D eigenvalue weighted by atomic mass is 10.00. The van der Waals surface area contributed by atoms with Crippen LogP contribution in [-0.4, -0.2) is 34.1 Å². The number of hydrogen-bond acceptors (Lipinski definition) is 2. The van der Waals surface area contributed by atoms with Gasteiger partial charge in [-0.15, -0.1) is 0 Å². The number of carbonyl (C=O) groups is 1. The average molecular weight is 181 g/mol. The molecule has 2 bridgehead atoms. The zero-order chi connectivity index (χ0) is 9.42. The first-order chi connectivity index (χ1) is 6.22. The maximum Gasteiger partial charge on any atom is 0.246 e. The molecule has 2 aliphatic rings. The van der Waals surface area contributed by atoms with Crippen LogP contribution in [0.25, 0.3) is 0 Å². The molecule has 2 aliphatic heterocycles. The fourth-order valence-electron chi connectivity index (χ4n) is 2.61. The molecule has 0 aromatic rings. The predicted molar refractivity (Wildman–Crippen MR) is 49.1 cm³/mol. The van der Waals surface area contributed by atoms with E-state index in [9.17, 15) is 9.90 Å². The average Bonchev–Trinajstić information content (AvgIpc) is 2.37. The third-order valence-electron chi connectivity index (χ3n) is 3.14. The highest BCUT2D eigenvalue weighted by Crippen LogP contribution is 2.35. The quantitative estimate of drug-likeness (QED) is 0.604. The third kappa shape index (κ3) is 1.37. The summed E-state index contributed by atoms with van der Waals surface area (Å²) in [6.07, 6.45) is 4.75. The SMILES string of the molecule is C=CC(=O)N1[C@@H]2CC[C@H]1CC(O)C2. The molecule has 3 nitrogen and oxygen atoms in total. The Bertz CT molecular complexity index is 225. The summed E-state index contributed by atoms with van der Waals surface area (Å²) in [7, 11) is 0. The van der Waals surface area contributed by atoms with Crippen LogP contribution in [0.1, 0.15) is 25.7 Å². The number of fused-ring (bicyclic) bond motifs is 2. The zero-order valence-corrected chi connectivity index (χ0v) is 7.65. The van der Waals surface area contributed by atoms with Crippen molar-refractivity contribution < 1.29 is 9.90 Å². The molecule has 2 heterocycles. The van der Waals surface area contributed by atoms with E-state index in [1.54, 1.807) is 0 Å². The number of carbonyl (C=O) groups excluding carboxylic acids is 1. The maximum atomic E-state index is 11.5. The lowest BCUT2D eigenvalue weighted by Gasteiger charge is -2.36. The van der Waals surface area contributed by atoms with Crippen molar-refractivity contribution >= 4 is 5.91 Å². The van der Waals surface area contributed by atoms with Crippen molar-refractivity contribution in [1.29, 1.82) is 0 Å². The first-order valence-corrected chi connectivity index (χ1v) is 4.85. The summed E-state index contributed by atoms with van der Waals surface area (Å²) in [5.74, 6) is 0.0272. The standard InChI is InChI=1S/C10H15NO2/c1-2-10(13)11-7-3-4-8(11)6-9(12)5-7/h2,7-9,12H,1,3-6H2/t7-,8+,9?. The molecule has 3 atom stereocenters. The Morgan fingerprint density at radius 1 is 1.38 bits per heavy atom. The van der Waals surface area contributed by atoms with E-state index in [2.05, 4.69) is 6.58 Å². The lowest BCUT2D eigenvalue weighted by molar-refractivity contribution is -0.131. The molecule has 13 heavy (non-hydrogen) atoms. The Kier molecular flexibility index (Phi) is 2.12. The molecule has 0 spiro atoms. The van der Waals surface area contributed by atoms with E-state index < -0.39 is 0 Å². The van der Waals surface area contributed by atoms with Gasteiger partial charge in [-0.25, -0.2) is 0 Å². The van der Waals surface area contributed by atoms with Gasteiger partial charge in [0.05, 0.1) is 6.10 Å². The second kappa shape index (κ2) is 3.14. The highest BCUT2D eigenvalue weighted by molar-refractivity contribution is 5.87. The van der Waals surface area contributed by atoms with Crippen LogP contribution < -0.4 is 0 Å². The van der Waals surface area contributed by atoms with Crippen molar-refractivity contribution in [2.45, 2.75) is 43.9 Å². The van der Waals surface area contributed by atoms with Crippen molar-refractivity contribution in [2.24, 2.45) is 0 Å². The van der Waals surface area contributed by atoms with Gasteiger partial charge in [0, 0.05) is 12.1 Å². The van der Waals surface area contributed by atoms with E-state index >= 15 is 0 Å². The molecular formula is C10H15NO2. The summed E-state index contributed by atoms with van der Waals surface area (Å²) in [4.78, 5) is 13.4. The van der Waals surface area contributed by atoms with Gasteiger partial charge in [-0.3, -0.25) is 4.79 Å². The van der Waals surface area contributed by atoms with Crippen LogP contribution in [0.3, 0.4) is 0 Å². The van der Waals surface area contributed by atoms with Crippen molar-refractivity contribution in [3.63, 3.8) is 0 Å². The molecule has 3 heteroatoms. The second-order valence-corrected chi connectivity index (χ2v) is 3.96. The van der Waals surface area contributed by atoms with Crippen molar-refractivity contribution in [3.8, 4) is 0 Å². The highest BCUT2D eigenvalue weighted by Gasteiger charge is 2.41. The van der Waals surface area contributed by atoms with E-state index in [1.165, 1.54) is 6.08 Å². The molecule has 1 unspecified atom stereocenters. The fraction of sp³-hybridized carbons (Fsp3) is 0.700. The summed E-state index contributed by atoms with van der Waals surface area (Å²) in [6, 6.07) is 0.526. The largest absolute Gasteiger partial charge is 0.393 e. The van der Waals surface area contributed by atoms with E-state index in [4.69, 9.17) is 0 Å². The Balaban J connectivity index is 2.14. The van der Waals surface area contributed by atoms with Crippen molar-refractivity contribution in [1.82, 2.24) is 4.90 Å². The Hall–Kier alpha value is -0.830. The minimum Gasteiger partial charge on any atom is -0.393 e. The number of aliphatic hydroxyl groups excluding tert-OH is 1. The van der Waals surface area contributed by atoms with Gasteiger partial charge < -0.3 is 10.0 Å². The Labute approximate surface area is 78.0 Å². The molecular weight excluding hydrogens is 166 g/mol. The fourth-order valence-corrected chi connectivity index (χ4v) is 2.61. The molecule has 1 amide bonds. The summed E-state index contributed by atoms with van der Waals surface area (Å²) in [6.45, 7) is 3.50. The molecule has 2 fully saturated rings. The number of nitrogens with zero attached hydrogens (tertiary/aromatic N) is 1. The van der Waals surface area contributed by atoms with Crippen LogP contribution in [0, 0.1) is 0 Å². The molecule has 2 saturated heterocycles. The van der Waals surface area contributed by atoms with E-state index in [1.807, 2.05) is 4.90 Å². The minimum atomic E-state index is -0.202. The summed E-state index contributed by atoms with van der Waals surface area (Å²) >= 11 is 0. The first kappa shape index (κ1) is 8.75. The highest BCUT2D eigenvalue weighted by atomic mass is 16.3. The molecule has 2 rings (SSSR count). The van der Waals surface area contributed by atoms with E-state index in [0.29, 0.717) is 0 Å². The van der Waals surface area contributed by atoms with Crippen molar-refractivity contribution in [2.75, 3.05) is 0 Å². The van der Waals surface area contributed by atoms with Gasteiger partial charge in [-0.05, 0) is 31.8 Å². The van der Waals surface area contributed by atoms with Gasteiger partial charge in [0.15, 0.2) is 0 Å². The zero-order valence-electron chi connectivity index (χ0n) is 7.65. The van der Waals surface area contributed by atoms with Crippen LogP contribution in [0.5, 0.6) is 0 Å². The van der Waals surface area contributed by atoms with Gasteiger partial charge in [-0.2, -0.15) is 0 Å². The smallest absolute Gasteiger partial charge is 0.246 e. The molecule has 0 aromatic carbocycles. The number of amides is 1. The monoisotopic (exact) mass is 181 g/mol. The lowest BCUT2D eigenvalue weighted by Crippen LogP contribution is -2.47. The Morgan fingerprint density at radius 2 is 1.92 bits per heavy atom. The van der Waals surface area contributed by atoms with Gasteiger partial charge in [-0.1, -0.05) is 6.58 Å². The molecule has 0 radical (unpaired) electrons. The number of aliphatic hydroxyl groups is 1. The van der Waals surface area contributed by atoms with E-state index in [-0.39, 0.29) is 24.1 Å². The normalized spacial score (nSPS) is 37.6. The van der Waals surface area contributed by atoms with Gasteiger partial charge in [0.1, 0.15) is 0 Å². The van der Waals surface area contributed by atoms with Crippen LogP contribution >= 0.6 is 0 Å². The first-order valence-electron chi connectivity index (χ1n) is 4.85. The molecule has 1 N–H and O–H groups in total. The van der Waals surface area contributed by atoms with Gasteiger partial charge in [0.2, 0.25) is 5.91 Å². The Morgan fingerprint density at radius 3 is 2.38 bits per heavy atom. The summed E-state index contributed by atoms with van der Waals surface area (Å²) < 4.78 is 0. The van der Waals surface area contributed by atoms with Crippen LogP contribution in [0.15, 0.2) is 12.7 Å². The van der Waals surface area contributed by atoms with Gasteiger partial charge in [0.25, 0.3) is 0 Å². The topological polar surface area (TPSA) is 40.5 Å². The van der Waals surface area contributed by atoms with Crippen molar-refractivity contribution in [3.05, 3.63) is 12.7 Å². The van der Waals surface area contributed by atoms with Gasteiger partial charge >= 0.3 is 0 Å². The molecule has 0 saturated carbocycles. The van der Waals surface area contributed by atoms with Crippen LogP contribution in [-0.2, 0) is 4.79 Å². The van der Waals surface area contributed by atoms with Crippen LogP contribution in [0.2, 0.25) is 0 Å². The summed E-state index contributed by atoms with van der Waals surface area (Å²) in [5.41, 5.74) is 0.